The van der Waals surface area contributed by atoms with Crippen LogP contribution in [0.2, 0.25) is 5.02 Å². The summed E-state index contributed by atoms with van der Waals surface area (Å²) in [5.41, 5.74) is 1.62. The van der Waals surface area contributed by atoms with Gasteiger partial charge in [0.15, 0.2) is 5.75 Å². The van der Waals surface area contributed by atoms with E-state index < -0.39 is 0 Å². The molecule has 0 bridgehead atoms. The maximum atomic E-state index is 12.6. The first-order valence-corrected chi connectivity index (χ1v) is 8.96. The first kappa shape index (κ1) is 18.3. The Morgan fingerprint density at radius 2 is 2.00 bits per heavy atom. The van der Waals surface area contributed by atoms with Crippen LogP contribution < -0.4 is 10.1 Å². The van der Waals surface area contributed by atoms with Crippen molar-refractivity contribution in [3.63, 3.8) is 0 Å². The van der Waals surface area contributed by atoms with Gasteiger partial charge in [0.1, 0.15) is 5.75 Å². The van der Waals surface area contributed by atoms with Gasteiger partial charge in [-0.05, 0) is 44.2 Å². The molecule has 0 aromatic heterocycles. The summed E-state index contributed by atoms with van der Waals surface area (Å²) in [5, 5.41) is 3.36. The number of anilines is 1. The van der Waals surface area contributed by atoms with Crippen molar-refractivity contribution in [2.75, 3.05) is 18.4 Å². The average Bonchev–Trinajstić information content (AvgIpc) is 3.00. The van der Waals surface area contributed by atoms with Crippen LogP contribution in [-0.4, -0.2) is 29.8 Å². The highest BCUT2D eigenvalue weighted by Gasteiger charge is 2.33. The van der Waals surface area contributed by atoms with E-state index in [-0.39, 0.29) is 24.2 Å². The summed E-state index contributed by atoms with van der Waals surface area (Å²) in [5.74, 6) is 0.610. The molecule has 0 unspecified atom stereocenters. The highest BCUT2D eigenvalue weighted by atomic mass is 35.5. The SMILES string of the molecule is CCN1C[C@H](C(=O)Nc2cc(Cl)ccc2Oc2ccc(C)cc2)CC1=O. The molecule has 6 heteroatoms. The molecule has 0 spiro atoms. The second-order valence-corrected chi connectivity index (χ2v) is 6.81. The molecular formula is C20H21ClN2O3. The lowest BCUT2D eigenvalue weighted by Crippen LogP contribution is -2.28. The minimum atomic E-state index is -0.367. The molecule has 26 heavy (non-hydrogen) atoms. The Bertz CT molecular complexity index is 820. The van der Waals surface area contributed by atoms with Gasteiger partial charge in [-0.3, -0.25) is 9.59 Å². The second kappa shape index (κ2) is 7.79. The molecule has 0 radical (unpaired) electrons. The highest BCUT2D eigenvalue weighted by Crippen LogP contribution is 2.33. The molecule has 1 aliphatic rings. The number of likely N-dealkylation sites (tertiary alicyclic amines) is 1. The van der Waals surface area contributed by atoms with Crippen LogP contribution in [0, 0.1) is 12.8 Å². The Balaban J connectivity index is 1.76. The Kier molecular flexibility index (Phi) is 5.47. The second-order valence-electron chi connectivity index (χ2n) is 6.38. The normalized spacial score (nSPS) is 16.7. The fourth-order valence-electron chi connectivity index (χ4n) is 2.91. The summed E-state index contributed by atoms with van der Waals surface area (Å²) < 4.78 is 5.90. The van der Waals surface area contributed by atoms with Gasteiger partial charge < -0.3 is 15.0 Å². The van der Waals surface area contributed by atoms with E-state index in [2.05, 4.69) is 5.32 Å². The van der Waals surface area contributed by atoms with Gasteiger partial charge >= 0.3 is 0 Å². The van der Waals surface area contributed by atoms with Gasteiger partial charge in [-0.25, -0.2) is 0 Å². The van der Waals surface area contributed by atoms with Gasteiger partial charge in [0.05, 0.1) is 11.6 Å². The first-order valence-electron chi connectivity index (χ1n) is 8.59. The van der Waals surface area contributed by atoms with Gasteiger partial charge in [0.25, 0.3) is 0 Å². The summed E-state index contributed by atoms with van der Waals surface area (Å²) >= 11 is 6.08. The number of rotatable bonds is 5. The van der Waals surface area contributed by atoms with Gasteiger partial charge in [0.2, 0.25) is 11.8 Å². The van der Waals surface area contributed by atoms with Gasteiger partial charge in [-0.1, -0.05) is 29.3 Å². The number of halogens is 1. The maximum absolute atomic E-state index is 12.6. The minimum Gasteiger partial charge on any atom is -0.455 e. The molecule has 1 saturated heterocycles. The third-order valence-corrected chi connectivity index (χ3v) is 4.65. The van der Waals surface area contributed by atoms with Crippen LogP contribution in [0.25, 0.3) is 0 Å². The zero-order chi connectivity index (χ0) is 18.7. The molecule has 1 fully saturated rings. The molecular weight excluding hydrogens is 352 g/mol. The number of carbonyl (C=O) groups is 2. The van der Waals surface area contributed by atoms with Crippen molar-refractivity contribution in [3.8, 4) is 11.5 Å². The van der Waals surface area contributed by atoms with Crippen molar-refractivity contribution in [1.29, 1.82) is 0 Å². The summed E-state index contributed by atoms with van der Waals surface area (Å²) in [7, 11) is 0. The predicted octanol–water partition coefficient (Wildman–Crippen LogP) is 4.25. The van der Waals surface area contributed by atoms with E-state index >= 15 is 0 Å². The van der Waals surface area contributed by atoms with Crippen LogP contribution >= 0.6 is 11.6 Å². The molecule has 2 aromatic carbocycles. The van der Waals surface area contributed by atoms with Crippen LogP contribution in [-0.2, 0) is 9.59 Å². The zero-order valence-electron chi connectivity index (χ0n) is 14.8. The molecule has 1 N–H and O–H groups in total. The van der Waals surface area contributed by atoms with Crippen LogP contribution in [0.15, 0.2) is 42.5 Å². The Morgan fingerprint density at radius 3 is 2.65 bits per heavy atom. The number of nitrogens with one attached hydrogen (secondary N) is 1. The highest BCUT2D eigenvalue weighted by molar-refractivity contribution is 6.31. The predicted molar refractivity (Wildman–Crippen MR) is 102 cm³/mol. The number of nitrogens with zero attached hydrogens (tertiary/aromatic N) is 1. The van der Waals surface area contributed by atoms with E-state index in [1.54, 1.807) is 23.1 Å². The lowest BCUT2D eigenvalue weighted by molar-refractivity contribution is -0.128. The van der Waals surface area contributed by atoms with Crippen molar-refractivity contribution in [2.45, 2.75) is 20.3 Å². The third kappa shape index (κ3) is 4.17. The van der Waals surface area contributed by atoms with Crippen molar-refractivity contribution in [1.82, 2.24) is 4.90 Å². The molecule has 1 atom stereocenters. The van der Waals surface area contributed by atoms with Crippen LogP contribution in [0.1, 0.15) is 18.9 Å². The Labute approximate surface area is 157 Å². The number of amides is 2. The smallest absolute Gasteiger partial charge is 0.229 e. The van der Waals surface area contributed by atoms with E-state index in [1.807, 2.05) is 38.1 Å². The molecule has 0 aliphatic carbocycles. The Morgan fingerprint density at radius 1 is 1.27 bits per heavy atom. The summed E-state index contributed by atoms with van der Waals surface area (Å²) in [6, 6.07) is 12.7. The summed E-state index contributed by atoms with van der Waals surface area (Å²) in [6.45, 7) is 4.96. The van der Waals surface area contributed by atoms with E-state index in [9.17, 15) is 9.59 Å². The maximum Gasteiger partial charge on any atom is 0.229 e. The number of carbonyl (C=O) groups excluding carboxylic acids is 2. The largest absolute Gasteiger partial charge is 0.455 e. The van der Waals surface area contributed by atoms with Crippen molar-refractivity contribution in [3.05, 3.63) is 53.1 Å². The van der Waals surface area contributed by atoms with E-state index in [0.29, 0.717) is 35.3 Å². The zero-order valence-corrected chi connectivity index (χ0v) is 15.5. The number of hydrogen-bond donors (Lipinski definition) is 1. The first-order chi connectivity index (χ1) is 12.5. The molecule has 136 valence electrons. The van der Waals surface area contributed by atoms with E-state index in [1.165, 1.54) is 0 Å². The average molecular weight is 373 g/mol. The fourth-order valence-corrected chi connectivity index (χ4v) is 3.08. The van der Waals surface area contributed by atoms with Crippen LogP contribution in [0.5, 0.6) is 11.5 Å². The quantitative estimate of drug-likeness (QED) is 0.853. The number of benzene rings is 2. The number of ether oxygens (including phenoxy) is 1. The molecule has 2 amide bonds. The summed E-state index contributed by atoms with van der Waals surface area (Å²) in [4.78, 5) is 26.1. The van der Waals surface area contributed by atoms with Crippen LogP contribution in [0.4, 0.5) is 5.69 Å². The third-order valence-electron chi connectivity index (χ3n) is 4.42. The Hall–Kier alpha value is -2.53. The fraction of sp³-hybridized carbons (Fsp3) is 0.300. The number of hydrogen-bond acceptors (Lipinski definition) is 3. The minimum absolute atomic E-state index is 0.00914. The molecule has 1 heterocycles. The topological polar surface area (TPSA) is 58.6 Å². The lowest BCUT2D eigenvalue weighted by atomic mass is 10.1. The van der Waals surface area contributed by atoms with Crippen molar-refractivity contribution >= 4 is 29.1 Å². The molecule has 2 aromatic rings. The van der Waals surface area contributed by atoms with Gasteiger partial charge in [0, 0.05) is 24.5 Å². The van der Waals surface area contributed by atoms with Gasteiger partial charge in [-0.2, -0.15) is 0 Å². The molecule has 0 saturated carbocycles. The standard InChI is InChI=1S/C20H21ClN2O3/c1-3-23-12-14(10-19(23)24)20(25)22-17-11-15(21)6-9-18(17)26-16-7-4-13(2)5-8-16/h4-9,11,14H,3,10,12H2,1-2H3,(H,22,25)/t14-/m1/s1. The van der Waals surface area contributed by atoms with Gasteiger partial charge in [-0.15, -0.1) is 0 Å². The number of aryl methyl sites for hydroxylation is 1. The van der Waals surface area contributed by atoms with E-state index in [0.717, 1.165) is 5.56 Å². The lowest BCUT2D eigenvalue weighted by Gasteiger charge is -2.16. The van der Waals surface area contributed by atoms with Crippen LogP contribution in [0.3, 0.4) is 0 Å². The monoisotopic (exact) mass is 372 g/mol. The van der Waals surface area contributed by atoms with Crippen molar-refractivity contribution in [2.24, 2.45) is 5.92 Å². The van der Waals surface area contributed by atoms with Crippen molar-refractivity contribution < 1.29 is 14.3 Å². The molecule has 5 nitrogen and oxygen atoms in total. The van der Waals surface area contributed by atoms with E-state index in [4.69, 9.17) is 16.3 Å². The molecule has 3 rings (SSSR count). The summed E-state index contributed by atoms with van der Waals surface area (Å²) in [6.07, 6.45) is 0.231. The molecule has 1 aliphatic heterocycles.